The number of nitrogens with one attached hydrogen (secondary N) is 1. The molecule has 2 aliphatic rings. The Morgan fingerprint density at radius 1 is 1.20 bits per heavy atom. The summed E-state index contributed by atoms with van der Waals surface area (Å²) in [5, 5.41) is 3.27. The van der Waals surface area contributed by atoms with E-state index in [0.717, 1.165) is 30.6 Å². The number of rotatable bonds is 4. The van der Waals surface area contributed by atoms with Gasteiger partial charge in [0.05, 0.1) is 25.3 Å². The second-order valence-electron chi connectivity index (χ2n) is 7.88. The van der Waals surface area contributed by atoms with Gasteiger partial charge in [-0.15, -0.1) is 0 Å². The molecule has 2 fully saturated rings. The molecule has 2 saturated heterocycles. The highest BCUT2D eigenvalue weighted by atomic mass is 16.5. The van der Waals surface area contributed by atoms with E-state index in [1.807, 2.05) is 24.3 Å². The maximum atomic E-state index is 13.2. The smallest absolute Gasteiger partial charge is 0.316 e. The first-order valence-electron chi connectivity index (χ1n) is 10.1. The fourth-order valence-electron chi connectivity index (χ4n) is 4.57. The summed E-state index contributed by atoms with van der Waals surface area (Å²) >= 11 is 0. The molecular formula is C22H26N4O4. The number of carbonyl (C=O) groups is 2. The lowest BCUT2D eigenvalue weighted by molar-refractivity contribution is -0.122. The Morgan fingerprint density at radius 2 is 2.00 bits per heavy atom. The molecular weight excluding hydrogens is 384 g/mol. The lowest BCUT2D eigenvalue weighted by Crippen LogP contribution is -2.52. The molecule has 8 nitrogen and oxygen atoms in total. The Bertz CT molecular complexity index is 933. The van der Waals surface area contributed by atoms with Gasteiger partial charge in [0, 0.05) is 37.8 Å². The average molecular weight is 410 g/mol. The Kier molecular flexibility index (Phi) is 5.57. The van der Waals surface area contributed by atoms with Crippen LogP contribution in [0.25, 0.3) is 0 Å². The van der Waals surface area contributed by atoms with Crippen LogP contribution in [0.3, 0.4) is 0 Å². The van der Waals surface area contributed by atoms with E-state index in [1.165, 1.54) is 19.5 Å². The van der Waals surface area contributed by atoms with Crippen LogP contribution < -0.4 is 14.8 Å². The van der Waals surface area contributed by atoms with Crippen LogP contribution >= 0.6 is 0 Å². The van der Waals surface area contributed by atoms with Gasteiger partial charge in [-0.3, -0.25) is 9.59 Å². The minimum Gasteiger partial charge on any atom is -0.497 e. The van der Waals surface area contributed by atoms with Gasteiger partial charge in [-0.2, -0.15) is 0 Å². The van der Waals surface area contributed by atoms with Gasteiger partial charge < -0.3 is 19.7 Å². The number of nitrogens with zero attached hydrogens (tertiary/aromatic N) is 3. The number of aromatic nitrogens is 2. The van der Waals surface area contributed by atoms with Crippen molar-refractivity contribution < 1.29 is 19.1 Å². The fourth-order valence-corrected chi connectivity index (χ4v) is 4.57. The van der Waals surface area contributed by atoms with Crippen molar-refractivity contribution in [3.8, 4) is 11.8 Å². The van der Waals surface area contributed by atoms with Crippen LogP contribution in [0.15, 0.2) is 36.7 Å². The van der Waals surface area contributed by atoms with Crippen molar-refractivity contribution in [1.82, 2.24) is 20.2 Å². The van der Waals surface area contributed by atoms with E-state index >= 15 is 0 Å². The second kappa shape index (κ2) is 8.30. The molecule has 0 unspecified atom stereocenters. The second-order valence-corrected chi connectivity index (χ2v) is 7.88. The van der Waals surface area contributed by atoms with Crippen LogP contribution in [0.5, 0.6) is 11.8 Å². The van der Waals surface area contributed by atoms with E-state index in [0.29, 0.717) is 25.1 Å². The summed E-state index contributed by atoms with van der Waals surface area (Å²) in [5.41, 5.74) is 0.957. The van der Waals surface area contributed by atoms with E-state index in [9.17, 15) is 9.59 Å². The van der Waals surface area contributed by atoms with E-state index in [-0.39, 0.29) is 23.7 Å². The van der Waals surface area contributed by atoms with Crippen molar-refractivity contribution in [3.63, 3.8) is 0 Å². The number of benzene rings is 1. The van der Waals surface area contributed by atoms with E-state index in [1.54, 1.807) is 12.0 Å². The number of hydrogen-bond donors (Lipinski definition) is 1. The predicted molar refractivity (Wildman–Crippen MR) is 110 cm³/mol. The number of methoxy groups -OCH3 is 2. The third-order valence-electron chi connectivity index (χ3n) is 6.05. The molecule has 2 aromatic rings. The molecule has 3 heterocycles. The third-order valence-corrected chi connectivity index (χ3v) is 6.05. The molecule has 8 heteroatoms. The molecule has 158 valence electrons. The maximum Gasteiger partial charge on any atom is 0.316 e. The third kappa shape index (κ3) is 3.81. The number of likely N-dealkylation sites (tertiary alicyclic amines) is 1. The van der Waals surface area contributed by atoms with E-state index < -0.39 is 5.54 Å². The van der Waals surface area contributed by atoms with Crippen molar-refractivity contribution in [1.29, 1.82) is 0 Å². The van der Waals surface area contributed by atoms with Gasteiger partial charge in [0.15, 0.2) is 0 Å². The number of hydrogen-bond acceptors (Lipinski definition) is 6. The minimum atomic E-state index is -0.497. The molecule has 1 spiro atoms. The Hall–Kier alpha value is -3.16. The average Bonchev–Trinajstić information content (AvgIpc) is 3.04. The van der Waals surface area contributed by atoms with E-state index in [2.05, 4.69) is 15.3 Å². The monoisotopic (exact) mass is 410 g/mol. The van der Waals surface area contributed by atoms with Gasteiger partial charge in [0.2, 0.25) is 5.91 Å². The maximum absolute atomic E-state index is 13.2. The predicted octanol–water partition coefficient (Wildman–Crippen LogP) is 2.16. The Morgan fingerprint density at radius 3 is 2.73 bits per heavy atom. The van der Waals surface area contributed by atoms with Gasteiger partial charge in [0.25, 0.3) is 5.91 Å². The first kappa shape index (κ1) is 20.1. The van der Waals surface area contributed by atoms with Gasteiger partial charge in [0.1, 0.15) is 5.75 Å². The molecule has 1 N–H and O–H groups in total. The highest BCUT2D eigenvalue weighted by molar-refractivity contribution is 5.94. The largest absolute Gasteiger partial charge is 0.497 e. The summed E-state index contributed by atoms with van der Waals surface area (Å²) in [6, 6.07) is 8.09. The number of ether oxygens (including phenoxy) is 2. The van der Waals surface area contributed by atoms with Crippen molar-refractivity contribution in [3.05, 3.63) is 47.8 Å². The fraction of sp³-hybridized carbons (Fsp3) is 0.455. The van der Waals surface area contributed by atoms with Crippen LogP contribution in [0.1, 0.15) is 47.5 Å². The zero-order chi connectivity index (χ0) is 21.1. The molecule has 30 heavy (non-hydrogen) atoms. The Labute approximate surface area is 175 Å². The zero-order valence-corrected chi connectivity index (χ0v) is 17.3. The first-order valence-corrected chi connectivity index (χ1v) is 10.1. The van der Waals surface area contributed by atoms with Crippen molar-refractivity contribution in [2.75, 3.05) is 27.3 Å². The molecule has 0 bridgehead atoms. The topological polar surface area (TPSA) is 93.7 Å². The lowest BCUT2D eigenvalue weighted by atomic mass is 9.79. The highest BCUT2D eigenvalue weighted by Crippen LogP contribution is 2.42. The lowest BCUT2D eigenvalue weighted by Gasteiger charge is -2.34. The van der Waals surface area contributed by atoms with Gasteiger partial charge >= 0.3 is 6.01 Å². The van der Waals surface area contributed by atoms with Crippen LogP contribution in [0.2, 0.25) is 0 Å². The van der Waals surface area contributed by atoms with Gasteiger partial charge in [-0.05, 0) is 30.5 Å². The summed E-state index contributed by atoms with van der Waals surface area (Å²) in [5.74, 6) is 0.622. The molecule has 2 atom stereocenters. The van der Waals surface area contributed by atoms with E-state index in [4.69, 9.17) is 9.47 Å². The van der Waals surface area contributed by atoms with Crippen LogP contribution in [-0.4, -0.2) is 59.5 Å². The molecule has 1 aromatic carbocycles. The van der Waals surface area contributed by atoms with Crippen molar-refractivity contribution in [2.45, 2.75) is 37.1 Å². The molecule has 0 aliphatic carbocycles. The van der Waals surface area contributed by atoms with Crippen LogP contribution in [0, 0.1) is 0 Å². The van der Waals surface area contributed by atoms with Gasteiger partial charge in [-0.1, -0.05) is 18.6 Å². The molecule has 0 saturated carbocycles. The summed E-state index contributed by atoms with van der Waals surface area (Å²) in [6.45, 7) is 0.948. The van der Waals surface area contributed by atoms with Crippen LogP contribution in [-0.2, 0) is 4.79 Å². The molecule has 0 radical (unpaired) electrons. The quantitative estimate of drug-likeness (QED) is 0.830. The summed E-state index contributed by atoms with van der Waals surface area (Å²) in [6.07, 6.45) is 6.10. The standard InChI is InChI=1S/C22H26N4O4/c1-29-17-7-5-6-15(10-17)18-13-26(14-22(18)9-4-3-8-19(27)25-22)20(28)16-11-23-21(30-2)24-12-16/h5-7,10-12,18H,3-4,8-9,13-14H2,1-2H3,(H,25,27)/t18-,22+/m0/s1. The minimum absolute atomic E-state index is 0.0298. The first-order chi connectivity index (χ1) is 14.5. The van der Waals surface area contributed by atoms with Gasteiger partial charge in [-0.25, -0.2) is 9.97 Å². The number of amides is 2. The SMILES string of the molecule is COc1cccc([C@@H]2CN(C(=O)c3cnc(OC)nc3)C[C@]23CCCCC(=O)N3)c1. The van der Waals surface area contributed by atoms with Crippen molar-refractivity contribution in [2.24, 2.45) is 0 Å². The molecule has 2 aliphatic heterocycles. The molecule has 2 amide bonds. The van der Waals surface area contributed by atoms with Crippen LogP contribution in [0.4, 0.5) is 0 Å². The summed E-state index contributed by atoms with van der Waals surface area (Å²) in [7, 11) is 3.12. The number of carbonyl (C=O) groups excluding carboxylic acids is 2. The Balaban J connectivity index is 1.67. The highest BCUT2D eigenvalue weighted by Gasteiger charge is 2.50. The molecule has 4 rings (SSSR count). The van der Waals surface area contributed by atoms with Crippen molar-refractivity contribution >= 4 is 11.8 Å². The zero-order valence-electron chi connectivity index (χ0n) is 17.3. The summed E-state index contributed by atoms with van der Waals surface area (Å²) in [4.78, 5) is 35.6. The molecule has 1 aromatic heterocycles. The normalized spacial score (nSPS) is 23.7. The summed E-state index contributed by atoms with van der Waals surface area (Å²) < 4.78 is 10.4.